The molecule has 0 bridgehead atoms. The summed E-state index contributed by atoms with van der Waals surface area (Å²) >= 11 is 0. The van der Waals surface area contributed by atoms with Crippen LogP contribution in [0.5, 0.6) is 0 Å². The van der Waals surface area contributed by atoms with E-state index >= 15 is 0 Å². The summed E-state index contributed by atoms with van der Waals surface area (Å²) in [4.78, 5) is 14.0. The molecule has 2 aliphatic rings. The van der Waals surface area contributed by atoms with Crippen molar-refractivity contribution in [2.24, 2.45) is 17.1 Å². The highest BCUT2D eigenvalue weighted by molar-refractivity contribution is 5.67. The summed E-state index contributed by atoms with van der Waals surface area (Å²) < 4.78 is 5.42. The van der Waals surface area contributed by atoms with Gasteiger partial charge < -0.3 is 15.4 Å². The predicted molar refractivity (Wildman–Crippen MR) is 86.2 cm³/mol. The summed E-state index contributed by atoms with van der Waals surface area (Å²) in [6.45, 7) is 4.18. The number of ether oxygens (including phenoxy) is 1. The Bertz CT molecular complexity index is 509. The van der Waals surface area contributed by atoms with Gasteiger partial charge in [-0.05, 0) is 42.6 Å². The molecular formula is C18H26N2O2. The first-order chi connectivity index (χ1) is 10.6. The van der Waals surface area contributed by atoms with E-state index in [-0.39, 0.29) is 11.5 Å². The molecule has 0 radical (unpaired) electrons. The Kier molecular flexibility index (Phi) is 4.39. The van der Waals surface area contributed by atoms with Gasteiger partial charge >= 0.3 is 6.09 Å². The standard InChI is InChI=1S/C18H26N2O2/c1-14-11-16(19)18(12-14)7-9-20(10-8-18)17(21)22-13-15-5-3-2-4-6-15/h2-6,14,16H,7-13,19H2,1H3/t14-,16+/m0/s1. The molecule has 1 aromatic rings. The van der Waals surface area contributed by atoms with Crippen LogP contribution < -0.4 is 5.73 Å². The molecule has 1 aliphatic heterocycles. The molecule has 2 N–H and O–H groups in total. The average molecular weight is 302 g/mol. The summed E-state index contributed by atoms with van der Waals surface area (Å²) in [6, 6.07) is 10.1. The maximum absolute atomic E-state index is 12.2. The van der Waals surface area contributed by atoms with Crippen molar-refractivity contribution in [3.05, 3.63) is 35.9 Å². The van der Waals surface area contributed by atoms with Gasteiger partial charge in [-0.3, -0.25) is 0 Å². The fourth-order valence-corrected chi connectivity index (χ4v) is 4.13. The summed E-state index contributed by atoms with van der Waals surface area (Å²) in [5.74, 6) is 0.714. The molecule has 1 heterocycles. The van der Waals surface area contributed by atoms with Crippen LogP contribution in [0.2, 0.25) is 0 Å². The van der Waals surface area contributed by atoms with E-state index in [1.54, 1.807) is 0 Å². The zero-order valence-corrected chi connectivity index (χ0v) is 13.3. The van der Waals surface area contributed by atoms with E-state index < -0.39 is 0 Å². The van der Waals surface area contributed by atoms with E-state index in [0.717, 1.165) is 37.9 Å². The van der Waals surface area contributed by atoms with E-state index in [2.05, 4.69) is 6.92 Å². The number of hydrogen-bond donors (Lipinski definition) is 1. The van der Waals surface area contributed by atoms with Crippen LogP contribution >= 0.6 is 0 Å². The Hall–Kier alpha value is -1.55. The largest absolute Gasteiger partial charge is 0.445 e. The molecule has 1 aromatic carbocycles. The topological polar surface area (TPSA) is 55.6 Å². The van der Waals surface area contributed by atoms with Crippen molar-refractivity contribution in [3.63, 3.8) is 0 Å². The van der Waals surface area contributed by atoms with Gasteiger partial charge in [0.1, 0.15) is 6.61 Å². The van der Waals surface area contributed by atoms with Crippen LogP contribution in [0.15, 0.2) is 30.3 Å². The fourth-order valence-electron chi connectivity index (χ4n) is 4.13. The molecule has 4 nitrogen and oxygen atoms in total. The van der Waals surface area contributed by atoms with Gasteiger partial charge in [-0.2, -0.15) is 0 Å². The maximum Gasteiger partial charge on any atom is 0.410 e. The normalized spacial score (nSPS) is 27.1. The van der Waals surface area contributed by atoms with E-state index in [4.69, 9.17) is 10.5 Å². The Morgan fingerprint density at radius 3 is 2.59 bits per heavy atom. The molecule has 0 unspecified atom stereocenters. The number of carbonyl (C=O) groups excluding carboxylic acids is 1. The predicted octanol–water partition coefficient (Wildman–Crippen LogP) is 3.16. The first kappa shape index (κ1) is 15.3. The highest BCUT2D eigenvalue weighted by Gasteiger charge is 2.46. The molecule has 1 saturated heterocycles. The minimum absolute atomic E-state index is 0.196. The lowest BCUT2D eigenvalue weighted by molar-refractivity contribution is 0.0570. The number of hydrogen-bond acceptors (Lipinski definition) is 3. The van der Waals surface area contributed by atoms with Crippen LogP contribution in [0.3, 0.4) is 0 Å². The van der Waals surface area contributed by atoms with Gasteiger partial charge in [0.2, 0.25) is 0 Å². The van der Waals surface area contributed by atoms with Gasteiger partial charge in [-0.15, -0.1) is 0 Å². The van der Waals surface area contributed by atoms with Gasteiger partial charge in [0.05, 0.1) is 0 Å². The van der Waals surface area contributed by atoms with Gasteiger partial charge in [0, 0.05) is 19.1 Å². The first-order valence-corrected chi connectivity index (χ1v) is 8.30. The lowest BCUT2D eigenvalue weighted by Gasteiger charge is -2.41. The SMILES string of the molecule is C[C@H]1C[C@@H](N)C2(CCN(C(=O)OCc3ccccc3)CC2)C1. The fraction of sp³-hybridized carbons (Fsp3) is 0.611. The van der Waals surface area contributed by atoms with Gasteiger partial charge in [-0.1, -0.05) is 37.3 Å². The van der Waals surface area contributed by atoms with Crippen LogP contribution in [0.1, 0.15) is 38.2 Å². The summed E-state index contributed by atoms with van der Waals surface area (Å²) in [7, 11) is 0. The molecule has 4 heteroatoms. The number of likely N-dealkylation sites (tertiary alicyclic amines) is 1. The van der Waals surface area contributed by atoms with Gasteiger partial charge in [0.25, 0.3) is 0 Å². The molecule has 0 aromatic heterocycles. The summed E-state index contributed by atoms with van der Waals surface area (Å²) in [5, 5.41) is 0. The Balaban J connectivity index is 1.50. The second-order valence-corrected chi connectivity index (χ2v) is 7.04. The third kappa shape index (κ3) is 3.12. The third-order valence-corrected chi connectivity index (χ3v) is 5.42. The molecule has 1 amide bonds. The maximum atomic E-state index is 12.2. The van der Waals surface area contributed by atoms with Gasteiger partial charge in [0.15, 0.2) is 0 Å². The van der Waals surface area contributed by atoms with Crippen LogP contribution in [0.4, 0.5) is 4.79 Å². The molecule has 1 aliphatic carbocycles. The number of benzene rings is 1. The lowest BCUT2D eigenvalue weighted by Crippen LogP contribution is -2.48. The van der Waals surface area contributed by atoms with Crippen LogP contribution in [-0.2, 0) is 11.3 Å². The Labute approximate surface area is 132 Å². The molecular weight excluding hydrogens is 276 g/mol. The van der Waals surface area contributed by atoms with Crippen molar-refractivity contribution in [1.82, 2.24) is 4.90 Å². The minimum atomic E-state index is -0.196. The second kappa shape index (κ2) is 6.29. The van der Waals surface area contributed by atoms with Gasteiger partial charge in [-0.25, -0.2) is 4.79 Å². The van der Waals surface area contributed by atoms with Crippen molar-refractivity contribution in [2.45, 2.75) is 45.3 Å². The van der Waals surface area contributed by atoms with Crippen LogP contribution in [-0.4, -0.2) is 30.1 Å². The number of amides is 1. The summed E-state index contributed by atoms with van der Waals surface area (Å²) in [5.41, 5.74) is 7.64. The molecule has 2 fully saturated rings. The monoisotopic (exact) mass is 302 g/mol. The highest BCUT2D eigenvalue weighted by Crippen LogP contribution is 2.47. The Morgan fingerprint density at radius 1 is 1.32 bits per heavy atom. The molecule has 120 valence electrons. The third-order valence-electron chi connectivity index (χ3n) is 5.42. The molecule has 3 rings (SSSR count). The van der Waals surface area contributed by atoms with E-state index in [9.17, 15) is 4.79 Å². The highest BCUT2D eigenvalue weighted by atomic mass is 16.6. The van der Waals surface area contributed by atoms with E-state index in [1.807, 2.05) is 35.2 Å². The zero-order valence-electron chi connectivity index (χ0n) is 13.3. The minimum Gasteiger partial charge on any atom is -0.445 e. The Morgan fingerprint density at radius 2 is 2.00 bits per heavy atom. The molecule has 1 saturated carbocycles. The number of nitrogens with zero attached hydrogens (tertiary/aromatic N) is 1. The number of carbonyl (C=O) groups is 1. The van der Waals surface area contributed by atoms with E-state index in [1.165, 1.54) is 6.42 Å². The first-order valence-electron chi connectivity index (χ1n) is 8.30. The van der Waals surface area contributed by atoms with Crippen LogP contribution in [0.25, 0.3) is 0 Å². The number of nitrogens with two attached hydrogens (primary N) is 1. The van der Waals surface area contributed by atoms with Crippen molar-refractivity contribution in [3.8, 4) is 0 Å². The average Bonchev–Trinajstić information content (AvgIpc) is 2.80. The van der Waals surface area contributed by atoms with Crippen LogP contribution in [0, 0.1) is 11.3 Å². The van der Waals surface area contributed by atoms with Crippen molar-refractivity contribution >= 4 is 6.09 Å². The van der Waals surface area contributed by atoms with Crippen molar-refractivity contribution in [1.29, 1.82) is 0 Å². The number of rotatable bonds is 2. The van der Waals surface area contributed by atoms with Crippen molar-refractivity contribution in [2.75, 3.05) is 13.1 Å². The summed E-state index contributed by atoms with van der Waals surface area (Å²) in [6.07, 6.45) is 4.16. The smallest absolute Gasteiger partial charge is 0.410 e. The molecule has 22 heavy (non-hydrogen) atoms. The number of piperidine rings is 1. The quantitative estimate of drug-likeness (QED) is 0.913. The van der Waals surface area contributed by atoms with E-state index in [0.29, 0.717) is 18.6 Å². The molecule has 2 atom stereocenters. The second-order valence-electron chi connectivity index (χ2n) is 7.04. The zero-order chi connectivity index (χ0) is 15.6. The van der Waals surface area contributed by atoms with Crippen molar-refractivity contribution < 1.29 is 9.53 Å². The lowest BCUT2D eigenvalue weighted by atomic mass is 9.74. The molecule has 1 spiro atoms.